The number of carbonyl (C=O) groups is 1. The molecule has 126 valence electrons. The summed E-state index contributed by atoms with van der Waals surface area (Å²) >= 11 is 5.79. The Hall–Kier alpha value is -1.33. The molecule has 1 aromatic rings. The van der Waals surface area contributed by atoms with Crippen LogP contribution in [0.4, 0.5) is 9.18 Å². The van der Waals surface area contributed by atoms with Crippen molar-refractivity contribution in [3.8, 4) is 0 Å². The van der Waals surface area contributed by atoms with Gasteiger partial charge in [-0.1, -0.05) is 17.7 Å². The Morgan fingerprint density at radius 3 is 2.61 bits per heavy atom. The molecule has 4 nitrogen and oxygen atoms in total. The number of hydrogen-bond acceptors (Lipinski definition) is 3. The van der Waals surface area contributed by atoms with Crippen molar-refractivity contribution in [2.24, 2.45) is 0 Å². The summed E-state index contributed by atoms with van der Waals surface area (Å²) < 4.78 is 25.2. The highest BCUT2D eigenvalue weighted by molar-refractivity contribution is 6.30. The van der Waals surface area contributed by atoms with Gasteiger partial charge in [0.25, 0.3) is 0 Å². The Bertz CT molecular complexity index is 621. The Balaban J connectivity index is 1.61. The average molecular weight is 342 g/mol. The first-order valence-electron chi connectivity index (χ1n) is 7.81. The topological polar surface area (TPSA) is 42.1 Å². The average Bonchev–Trinajstić information content (AvgIpc) is 3.11. The Labute approximate surface area is 140 Å². The van der Waals surface area contributed by atoms with Gasteiger partial charge in [0.15, 0.2) is 0 Å². The summed E-state index contributed by atoms with van der Waals surface area (Å²) in [5, 5.41) is 0.376. The van der Waals surface area contributed by atoms with E-state index in [1.807, 2.05) is 20.8 Å². The predicted octanol–water partition coefficient (Wildman–Crippen LogP) is 4.32. The van der Waals surface area contributed by atoms with Gasteiger partial charge in [0.05, 0.1) is 0 Å². The third-order valence-corrected chi connectivity index (χ3v) is 4.51. The van der Waals surface area contributed by atoms with Crippen LogP contribution in [0.5, 0.6) is 0 Å². The Morgan fingerprint density at radius 2 is 2.04 bits per heavy atom. The molecular formula is C17H21ClFNO3. The standard InChI is InChI=1S/C17H21ClFNO3/c1-16(2,3)23-15(21)20-8-6-17(7-9-20)14(22-17)12-5-4-11(18)10-13(12)19/h4-5,10,14H,6-9H2,1-3H3. The second-order valence-electron chi connectivity index (χ2n) is 7.20. The van der Waals surface area contributed by atoms with Crippen molar-refractivity contribution in [1.29, 1.82) is 0 Å². The molecule has 1 amide bonds. The van der Waals surface area contributed by atoms with Crippen molar-refractivity contribution < 1.29 is 18.7 Å². The highest BCUT2D eigenvalue weighted by Crippen LogP contribution is 2.56. The quantitative estimate of drug-likeness (QED) is 0.714. The zero-order chi connectivity index (χ0) is 16.8. The van der Waals surface area contributed by atoms with Gasteiger partial charge in [-0.2, -0.15) is 0 Å². The molecule has 0 radical (unpaired) electrons. The largest absolute Gasteiger partial charge is 0.444 e. The third kappa shape index (κ3) is 3.45. The number of epoxide rings is 1. The number of hydrogen-bond donors (Lipinski definition) is 0. The molecule has 0 aromatic heterocycles. The highest BCUT2D eigenvalue weighted by atomic mass is 35.5. The lowest BCUT2D eigenvalue weighted by molar-refractivity contribution is 0.0165. The van der Waals surface area contributed by atoms with Crippen LogP contribution in [0.15, 0.2) is 18.2 Å². The summed E-state index contributed by atoms with van der Waals surface area (Å²) in [6, 6.07) is 4.66. The van der Waals surface area contributed by atoms with Crippen LogP contribution < -0.4 is 0 Å². The summed E-state index contributed by atoms with van der Waals surface area (Å²) in [4.78, 5) is 13.8. The molecule has 0 aliphatic carbocycles. The minimum Gasteiger partial charge on any atom is -0.444 e. The first-order valence-corrected chi connectivity index (χ1v) is 8.19. The molecule has 2 fully saturated rings. The third-order valence-electron chi connectivity index (χ3n) is 4.28. The van der Waals surface area contributed by atoms with Crippen LogP contribution in [0, 0.1) is 5.82 Å². The number of likely N-dealkylation sites (tertiary alicyclic amines) is 1. The van der Waals surface area contributed by atoms with E-state index in [0.29, 0.717) is 36.5 Å². The van der Waals surface area contributed by atoms with Gasteiger partial charge in [-0.15, -0.1) is 0 Å². The van der Waals surface area contributed by atoms with Crippen molar-refractivity contribution in [1.82, 2.24) is 4.90 Å². The van der Waals surface area contributed by atoms with Crippen molar-refractivity contribution in [2.45, 2.75) is 50.9 Å². The molecule has 1 aromatic carbocycles. The van der Waals surface area contributed by atoms with E-state index in [9.17, 15) is 9.18 Å². The summed E-state index contributed by atoms with van der Waals surface area (Å²) in [5.74, 6) is -0.339. The van der Waals surface area contributed by atoms with Gasteiger partial charge in [-0.05, 0) is 45.7 Å². The lowest BCUT2D eigenvalue weighted by Crippen LogP contribution is -2.44. The maximum absolute atomic E-state index is 14.0. The number of carbonyl (C=O) groups excluding carboxylic acids is 1. The molecule has 2 aliphatic heterocycles. The van der Waals surface area contributed by atoms with E-state index in [1.54, 1.807) is 17.0 Å². The van der Waals surface area contributed by atoms with Crippen LogP contribution in [0.25, 0.3) is 0 Å². The van der Waals surface area contributed by atoms with Gasteiger partial charge in [0.2, 0.25) is 0 Å². The van der Waals surface area contributed by atoms with Crippen molar-refractivity contribution >= 4 is 17.7 Å². The molecule has 1 spiro atoms. The second kappa shape index (κ2) is 5.64. The van der Waals surface area contributed by atoms with Gasteiger partial charge in [0, 0.05) is 23.7 Å². The summed E-state index contributed by atoms with van der Waals surface area (Å²) in [7, 11) is 0. The summed E-state index contributed by atoms with van der Waals surface area (Å²) in [6.45, 7) is 6.65. The van der Waals surface area contributed by atoms with Gasteiger partial charge in [-0.3, -0.25) is 0 Å². The van der Waals surface area contributed by atoms with Crippen molar-refractivity contribution in [3.05, 3.63) is 34.6 Å². The number of rotatable bonds is 1. The number of halogens is 2. The second-order valence-corrected chi connectivity index (χ2v) is 7.63. The van der Waals surface area contributed by atoms with E-state index in [4.69, 9.17) is 21.1 Å². The maximum atomic E-state index is 14.0. The molecule has 2 aliphatic rings. The predicted molar refractivity (Wildman–Crippen MR) is 85.0 cm³/mol. The van der Waals surface area contributed by atoms with Gasteiger partial charge >= 0.3 is 6.09 Å². The molecule has 1 unspecified atom stereocenters. The van der Waals surface area contributed by atoms with Crippen LogP contribution in [-0.4, -0.2) is 35.3 Å². The molecule has 0 bridgehead atoms. The van der Waals surface area contributed by atoms with Crippen LogP contribution >= 0.6 is 11.6 Å². The minimum atomic E-state index is -0.503. The van der Waals surface area contributed by atoms with E-state index < -0.39 is 5.60 Å². The summed E-state index contributed by atoms with van der Waals surface area (Å²) in [6.07, 6.45) is 0.806. The molecule has 23 heavy (non-hydrogen) atoms. The normalized spacial score (nSPS) is 23.0. The summed E-state index contributed by atoms with van der Waals surface area (Å²) in [5.41, 5.74) is -0.315. The number of nitrogens with zero attached hydrogens (tertiary/aromatic N) is 1. The zero-order valence-electron chi connectivity index (χ0n) is 13.6. The van der Waals surface area contributed by atoms with E-state index in [1.165, 1.54) is 6.07 Å². The van der Waals surface area contributed by atoms with Crippen LogP contribution in [-0.2, 0) is 9.47 Å². The van der Waals surface area contributed by atoms with E-state index in [-0.39, 0.29) is 23.6 Å². The minimum absolute atomic E-state index is 0.249. The van der Waals surface area contributed by atoms with Gasteiger partial charge in [0.1, 0.15) is 23.1 Å². The molecule has 3 rings (SSSR count). The highest BCUT2D eigenvalue weighted by Gasteiger charge is 2.59. The maximum Gasteiger partial charge on any atom is 0.410 e. The smallest absolute Gasteiger partial charge is 0.410 e. The number of piperidine rings is 1. The lowest BCUT2D eigenvalue weighted by atomic mass is 9.90. The van der Waals surface area contributed by atoms with Crippen molar-refractivity contribution in [3.63, 3.8) is 0 Å². The van der Waals surface area contributed by atoms with Crippen molar-refractivity contribution in [2.75, 3.05) is 13.1 Å². The SMILES string of the molecule is CC(C)(C)OC(=O)N1CCC2(CC1)OC2c1ccc(Cl)cc1F. The number of benzene rings is 1. The molecule has 2 saturated heterocycles. The van der Waals surface area contributed by atoms with Crippen LogP contribution in [0.1, 0.15) is 45.3 Å². The van der Waals surface area contributed by atoms with E-state index in [0.717, 1.165) is 0 Å². The molecule has 2 heterocycles. The molecule has 0 saturated carbocycles. The lowest BCUT2D eigenvalue weighted by Gasteiger charge is -2.32. The number of amides is 1. The monoisotopic (exact) mass is 341 g/mol. The fourth-order valence-corrected chi connectivity index (χ4v) is 3.19. The van der Waals surface area contributed by atoms with E-state index in [2.05, 4.69) is 0 Å². The van der Waals surface area contributed by atoms with E-state index >= 15 is 0 Å². The number of ether oxygens (including phenoxy) is 2. The Morgan fingerprint density at radius 1 is 1.39 bits per heavy atom. The Kier molecular flexibility index (Phi) is 4.05. The first kappa shape index (κ1) is 16.5. The zero-order valence-corrected chi connectivity index (χ0v) is 14.3. The van der Waals surface area contributed by atoms with Crippen LogP contribution in [0.3, 0.4) is 0 Å². The first-order chi connectivity index (χ1) is 10.7. The molecular weight excluding hydrogens is 321 g/mol. The fraction of sp³-hybridized carbons (Fsp3) is 0.588. The van der Waals surface area contributed by atoms with Gasteiger partial charge < -0.3 is 14.4 Å². The van der Waals surface area contributed by atoms with Crippen LogP contribution in [0.2, 0.25) is 5.02 Å². The molecule has 1 atom stereocenters. The molecule has 6 heteroatoms. The van der Waals surface area contributed by atoms with Gasteiger partial charge in [-0.25, -0.2) is 9.18 Å². The molecule has 0 N–H and O–H groups in total. The fourth-order valence-electron chi connectivity index (χ4n) is 3.04.